The van der Waals surface area contributed by atoms with Gasteiger partial charge >= 0.3 is 6.03 Å². The number of aliphatic imine (C=N–C) groups is 1. The van der Waals surface area contributed by atoms with Gasteiger partial charge in [0, 0.05) is 31.6 Å². The molecule has 0 aromatic heterocycles. The number of nitrogens with one attached hydrogen (secondary N) is 1. The second-order valence-electron chi connectivity index (χ2n) is 5.46. The van der Waals surface area contributed by atoms with E-state index in [2.05, 4.69) is 10.3 Å². The molecule has 3 amide bonds. The fourth-order valence-electron chi connectivity index (χ4n) is 3.02. The highest BCUT2D eigenvalue weighted by Gasteiger charge is 2.52. The highest BCUT2D eigenvalue weighted by Crippen LogP contribution is 2.35. The summed E-state index contributed by atoms with van der Waals surface area (Å²) in [7, 11) is 1.63. The van der Waals surface area contributed by atoms with Gasteiger partial charge < -0.3 is 14.9 Å². The topological polar surface area (TPSA) is 88.5 Å². The molecule has 1 saturated heterocycles. The Bertz CT molecular complexity index is 570. The normalized spacial score (nSPS) is 28.0. The zero-order chi connectivity index (χ0) is 15.3. The standard InChI is InChI=1S/C13H19N5O3/c1-7-8(2)18-9-10(16(3)13(21)15-11(9)20)14-12(18)17(7)5-4-6-19/h9-10,19H,4-6H2,1-3H3,(H,15,20,21). The zero-order valence-electron chi connectivity index (χ0n) is 12.3. The molecule has 8 nitrogen and oxygen atoms in total. The predicted octanol–water partition coefficient (Wildman–Crippen LogP) is -0.516. The third kappa shape index (κ3) is 1.82. The van der Waals surface area contributed by atoms with Crippen molar-refractivity contribution in [1.82, 2.24) is 20.0 Å². The van der Waals surface area contributed by atoms with E-state index in [4.69, 9.17) is 5.11 Å². The number of amides is 3. The summed E-state index contributed by atoms with van der Waals surface area (Å²) in [5, 5.41) is 11.4. The van der Waals surface area contributed by atoms with E-state index in [9.17, 15) is 9.59 Å². The minimum Gasteiger partial charge on any atom is -0.396 e. The predicted molar refractivity (Wildman–Crippen MR) is 74.9 cm³/mol. The second kappa shape index (κ2) is 4.73. The van der Waals surface area contributed by atoms with E-state index in [0.717, 1.165) is 11.4 Å². The molecule has 0 aliphatic carbocycles. The zero-order valence-corrected chi connectivity index (χ0v) is 12.3. The van der Waals surface area contributed by atoms with Crippen LogP contribution in [0.15, 0.2) is 16.4 Å². The first-order valence-corrected chi connectivity index (χ1v) is 6.98. The van der Waals surface area contributed by atoms with Crippen LogP contribution in [-0.2, 0) is 4.79 Å². The van der Waals surface area contributed by atoms with Crippen molar-refractivity contribution in [2.24, 2.45) is 4.99 Å². The van der Waals surface area contributed by atoms with Gasteiger partial charge in [-0.05, 0) is 20.3 Å². The van der Waals surface area contributed by atoms with Crippen LogP contribution in [-0.4, -0.2) is 70.1 Å². The van der Waals surface area contributed by atoms with Crippen LogP contribution < -0.4 is 5.32 Å². The number of aliphatic hydroxyl groups excluding tert-OH is 1. The van der Waals surface area contributed by atoms with Crippen molar-refractivity contribution >= 4 is 17.9 Å². The summed E-state index contributed by atoms with van der Waals surface area (Å²) in [6, 6.07) is -0.941. The largest absolute Gasteiger partial charge is 0.396 e. The van der Waals surface area contributed by atoms with E-state index in [0.29, 0.717) is 18.9 Å². The number of imide groups is 1. The van der Waals surface area contributed by atoms with Gasteiger partial charge in [0.1, 0.15) is 0 Å². The molecule has 3 rings (SSSR count). The van der Waals surface area contributed by atoms with Gasteiger partial charge in [-0.25, -0.2) is 9.79 Å². The highest BCUT2D eigenvalue weighted by molar-refractivity contribution is 6.05. The Labute approximate surface area is 122 Å². The van der Waals surface area contributed by atoms with E-state index < -0.39 is 18.2 Å². The summed E-state index contributed by atoms with van der Waals surface area (Å²) < 4.78 is 0. The van der Waals surface area contributed by atoms with Crippen LogP contribution in [0.4, 0.5) is 4.79 Å². The van der Waals surface area contributed by atoms with Crippen LogP contribution >= 0.6 is 0 Å². The third-order valence-corrected chi connectivity index (χ3v) is 4.31. The van der Waals surface area contributed by atoms with Crippen LogP contribution in [0.25, 0.3) is 0 Å². The molecule has 0 radical (unpaired) electrons. The monoisotopic (exact) mass is 293 g/mol. The summed E-state index contributed by atoms with van der Waals surface area (Å²) in [4.78, 5) is 33.8. The number of hydrogen-bond acceptors (Lipinski definition) is 6. The molecule has 0 bridgehead atoms. The number of carbonyl (C=O) groups excluding carboxylic acids is 2. The Morgan fingerprint density at radius 3 is 2.67 bits per heavy atom. The minimum absolute atomic E-state index is 0.0990. The first kappa shape index (κ1) is 13.9. The van der Waals surface area contributed by atoms with Crippen molar-refractivity contribution in [2.45, 2.75) is 32.5 Å². The Balaban J connectivity index is 1.96. The lowest BCUT2D eigenvalue weighted by Gasteiger charge is -2.35. The number of hydrogen-bond donors (Lipinski definition) is 2. The molecule has 114 valence electrons. The van der Waals surface area contributed by atoms with Gasteiger partial charge in [-0.15, -0.1) is 0 Å². The Morgan fingerprint density at radius 2 is 2.00 bits per heavy atom. The van der Waals surface area contributed by atoms with E-state index in [1.54, 1.807) is 7.05 Å². The summed E-state index contributed by atoms with van der Waals surface area (Å²) in [5.74, 6) is 0.364. The maximum atomic E-state index is 12.2. The van der Waals surface area contributed by atoms with Crippen LogP contribution in [0, 0.1) is 0 Å². The smallest absolute Gasteiger partial charge is 0.325 e. The van der Waals surface area contributed by atoms with E-state index >= 15 is 0 Å². The van der Waals surface area contributed by atoms with Crippen molar-refractivity contribution in [3.63, 3.8) is 0 Å². The molecule has 2 unspecified atom stereocenters. The Hall–Kier alpha value is -2.09. The third-order valence-electron chi connectivity index (χ3n) is 4.31. The SMILES string of the molecule is CC1=C(C)N2C(=NC3C2C(=O)NC(=O)N3C)N1CCCO. The van der Waals surface area contributed by atoms with Crippen molar-refractivity contribution in [3.8, 4) is 0 Å². The quantitative estimate of drug-likeness (QED) is 0.731. The second-order valence-corrected chi connectivity index (χ2v) is 5.46. The average molecular weight is 293 g/mol. The van der Waals surface area contributed by atoms with Crippen molar-refractivity contribution in [3.05, 3.63) is 11.4 Å². The van der Waals surface area contributed by atoms with Crippen LogP contribution in [0.3, 0.4) is 0 Å². The molecular formula is C13H19N5O3. The van der Waals surface area contributed by atoms with Crippen LogP contribution in [0.2, 0.25) is 0 Å². The summed E-state index contributed by atoms with van der Waals surface area (Å²) >= 11 is 0. The average Bonchev–Trinajstić information content (AvgIpc) is 2.93. The number of rotatable bonds is 3. The summed E-state index contributed by atoms with van der Waals surface area (Å²) in [6.45, 7) is 4.64. The Kier molecular flexibility index (Phi) is 3.12. The van der Waals surface area contributed by atoms with Crippen molar-refractivity contribution < 1.29 is 14.7 Å². The number of fused-ring (bicyclic) bond motifs is 3. The fourth-order valence-corrected chi connectivity index (χ4v) is 3.02. The van der Waals surface area contributed by atoms with Gasteiger partial charge in [0.25, 0.3) is 5.91 Å². The number of nitrogens with zero attached hydrogens (tertiary/aromatic N) is 4. The highest BCUT2D eigenvalue weighted by atomic mass is 16.3. The van der Waals surface area contributed by atoms with Gasteiger partial charge in [0.05, 0.1) is 0 Å². The lowest BCUT2D eigenvalue weighted by atomic mass is 10.1. The molecule has 2 N–H and O–H groups in total. The molecule has 1 fully saturated rings. The molecule has 3 aliphatic heterocycles. The van der Waals surface area contributed by atoms with Crippen LogP contribution in [0.5, 0.6) is 0 Å². The van der Waals surface area contributed by atoms with Crippen molar-refractivity contribution in [1.29, 1.82) is 0 Å². The van der Waals surface area contributed by atoms with E-state index in [1.807, 2.05) is 23.6 Å². The van der Waals surface area contributed by atoms with Gasteiger partial charge in [-0.2, -0.15) is 0 Å². The maximum absolute atomic E-state index is 12.2. The maximum Gasteiger partial charge on any atom is 0.325 e. The molecule has 0 saturated carbocycles. The molecule has 3 heterocycles. The molecule has 3 aliphatic rings. The summed E-state index contributed by atoms with van der Waals surface area (Å²) in [6.07, 6.45) is 0.120. The number of carbonyl (C=O) groups is 2. The lowest BCUT2D eigenvalue weighted by molar-refractivity contribution is -0.126. The molecular weight excluding hydrogens is 274 g/mol. The van der Waals surface area contributed by atoms with Gasteiger partial charge in [0.2, 0.25) is 5.96 Å². The number of guanidine groups is 1. The number of likely N-dealkylation sites (N-methyl/N-ethyl adjacent to an activating group) is 1. The van der Waals surface area contributed by atoms with Crippen LogP contribution in [0.1, 0.15) is 20.3 Å². The minimum atomic E-state index is -0.517. The first-order valence-electron chi connectivity index (χ1n) is 6.98. The number of allylic oxidation sites excluding steroid dienone is 2. The van der Waals surface area contributed by atoms with Crippen molar-refractivity contribution in [2.75, 3.05) is 20.2 Å². The molecule has 0 spiro atoms. The van der Waals surface area contributed by atoms with Gasteiger partial charge in [-0.3, -0.25) is 15.0 Å². The number of urea groups is 1. The number of aliphatic hydroxyl groups is 1. The van der Waals surface area contributed by atoms with Gasteiger partial charge in [0.15, 0.2) is 12.2 Å². The molecule has 2 atom stereocenters. The first-order chi connectivity index (χ1) is 9.97. The molecule has 21 heavy (non-hydrogen) atoms. The van der Waals surface area contributed by atoms with E-state index in [1.165, 1.54) is 4.90 Å². The molecule has 0 aromatic rings. The molecule has 8 heteroatoms. The summed E-state index contributed by atoms with van der Waals surface area (Å²) in [5.41, 5.74) is 1.98. The Morgan fingerprint density at radius 1 is 1.29 bits per heavy atom. The lowest BCUT2D eigenvalue weighted by Crippen LogP contribution is -2.63. The fraction of sp³-hybridized carbons (Fsp3) is 0.615. The molecule has 0 aromatic carbocycles. The van der Waals surface area contributed by atoms with E-state index in [-0.39, 0.29) is 12.5 Å². The van der Waals surface area contributed by atoms with Gasteiger partial charge in [-0.1, -0.05) is 0 Å².